The molecule has 4 rings (SSSR count). The molecular weight excluding hydrogens is 351 g/mol. The third-order valence-electron chi connectivity index (χ3n) is 5.36. The maximum Gasteiger partial charge on any atom is 0.264 e. The van der Waals surface area contributed by atoms with Gasteiger partial charge in [-0.15, -0.1) is 11.3 Å². The normalized spacial score (nSPS) is 24.5. The van der Waals surface area contributed by atoms with Crippen molar-refractivity contribution in [2.75, 3.05) is 0 Å². The third kappa shape index (κ3) is 3.26. The molecule has 0 spiro atoms. The van der Waals surface area contributed by atoms with Gasteiger partial charge in [-0.3, -0.25) is 9.59 Å². The van der Waals surface area contributed by atoms with Gasteiger partial charge in [-0.25, -0.2) is 4.39 Å². The van der Waals surface area contributed by atoms with Crippen molar-refractivity contribution in [3.05, 3.63) is 57.5 Å². The molecule has 1 aromatic heterocycles. The number of piperidine rings is 1. The zero-order valence-corrected chi connectivity index (χ0v) is 15.4. The summed E-state index contributed by atoms with van der Waals surface area (Å²) in [7, 11) is 0. The molecule has 1 unspecified atom stereocenters. The number of carbonyl (C=O) groups excluding carboxylic acids is 2. The molecule has 0 radical (unpaired) electrons. The van der Waals surface area contributed by atoms with Crippen LogP contribution in [0.2, 0.25) is 0 Å². The number of nitrogens with one attached hydrogen (secondary N) is 1. The van der Waals surface area contributed by atoms with Crippen LogP contribution in [0.15, 0.2) is 36.4 Å². The third-order valence-corrected chi connectivity index (χ3v) is 6.35. The van der Waals surface area contributed by atoms with Gasteiger partial charge in [0.1, 0.15) is 5.82 Å². The van der Waals surface area contributed by atoms with Crippen molar-refractivity contribution in [2.45, 2.75) is 50.7 Å². The van der Waals surface area contributed by atoms with Crippen molar-refractivity contribution < 1.29 is 14.0 Å². The number of aryl methyl sites for hydroxylation is 1. The number of carbonyl (C=O) groups is 2. The van der Waals surface area contributed by atoms with Crippen LogP contribution >= 0.6 is 11.3 Å². The maximum absolute atomic E-state index is 13.0. The van der Waals surface area contributed by atoms with E-state index in [0.29, 0.717) is 5.56 Å². The Balaban J connectivity index is 1.42. The summed E-state index contributed by atoms with van der Waals surface area (Å²) in [6.07, 6.45) is 3.53. The lowest BCUT2D eigenvalue weighted by Crippen LogP contribution is -2.52. The number of hydrogen-bond donors (Lipinski definition) is 1. The summed E-state index contributed by atoms with van der Waals surface area (Å²) in [4.78, 5) is 29.2. The SMILES string of the molecule is Cc1ccc(C(=O)N2[C@@H]3CC[C@H]2CC(NC(=O)c2ccc(F)cc2)C3)s1. The van der Waals surface area contributed by atoms with Gasteiger partial charge in [0.2, 0.25) is 0 Å². The molecule has 6 heteroatoms. The molecule has 136 valence electrons. The average Bonchev–Trinajstić information content (AvgIpc) is 3.16. The fraction of sp³-hybridized carbons (Fsp3) is 0.400. The van der Waals surface area contributed by atoms with E-state index < -0.39 is 0 Å². The Bertz CT molecular complexity index is 819. The molecule has 4 nitrogen and oxygen atoms in total. The molecule has 2 saturated heterocycles. The highest BCUT2D eigenvalue weighted by atomic mass is 32.1. The van der Waals surface area contributed by atoms with Crippen LogP contribution in [0.1, 0.15) is 50.6 Å². The van der Waals surface area contributed by atoms with Crippen molar-refractivity contribution in [1.29, 1.82) is 0 Å². The van der Waals surface area contributed by atoms with Gasteiger partial charge in [-0.2, -0.15) is 0 Å². The predicted molar refractivity (Wildman–Crippen MR) is 98.9 cm³/mol. The number of fused-ring (bicyclic) bond motifs is 2. The summed E-state index contributed by atoms with van der Waals surface area (Å²) in [5, 5.41) is 3.06. The van der Waals surface area contributed by atoms with Gasteiger partial charge in [0.15, 0.2) is 0 Å². The van der Waals surface area contributed by atoms with Crippen LogP contribution in [-0.4, -0.2) is 34.8 Å². The van der Waals surface area contributed by atoms with Crippen LogP contribution in [0.25, 0.3) is 0 Å². The second-order valence-corrected chi connectivity index (χ2v) is 8.44. The van der Waals surface area contributed by atoms with E-state index in [1.54, 1.807) is 0 Å². The van der Waals surface area contributed by atoms with E-state index in [-0.39, 0.29) is 35.8 Å². The van der Waals surface area contributed by atoms with E-state index in [2.05, 4.69) is 5.32 Å². The number of hydrogen-bond acceptors (Lipinski definition) is 3. The van der Waals surface area contributed by atoms with E-state index in [0.717, 1.165) is 35.4 Å². The first kappa shape index (κ1) is 17.2. The summed E-state index contributed by atoms with van der Waals surface area (Å²) in [6, 6.07) is 9.89. The Morgan fingerprint density at radius 2 is 1.73 bits per heavy atom. The number of nitrogens with zero attached hydrogens (tertiary/aromatic N) is 1. The number of rotatable bonds is 3. The predicted octanol–water partition coefficient (Wildman–Crippen LogP) is 3.76. The van der Waals surface area contributed by atoms with E-state index >= 15 is 0 Å². The zero-order valence-electron chi connectivity index (χ0n) is 14.6. The fourth-order valence-corrected chi connectivity index (χ4v) is 4.98. The van der Waals surface area contributed by atoms with Crippen molar-refractivity contribution in [2.24, 2.45) is 0 Å². The van der Waals surface area contributed by atoms with E-state index in [1.165, 1.54) is 35.6 Å². The maximum atomic E-state index is 13.0. The second kappa shape index (κ2) is 6.83. The minimum Gasteiger partial charge on any atom is -0.349 e. The molecule has 3 atom stereocenters. The molecule has 2 fully saturated rings. The molecule has 1 aromatic carbocycles. The number of halogens is 1. The smallest absolute Gasteiger partial charge is 0.264 e. The molecule has 2 aromatic rings. The van der Waals surface area contributed by atoms with E-state index in [4.69, 9.17) is 0 Å². The fourth-order valence-electron chi connectivity index (χ4n) is 4.17. The average molecular weight is 372 g/mol. The lowest BCUT2D eigenvalue weighted by Gasteiger charge is -2.39. The first-order chi connectivity index (χ1) is 12.5. The minimum atomic E-state index is -0.352. The molecule has 3 heterocycles. The van der Waals surface area contributed by atoms with Crippen LogP contribution in [-0.2, 0) is 0 Å². The highest BCUT2D eigenvalue weighted by Gasteiger charge is 2.44. The largest absolute Gasteiger partial charge is 0.349 e. The molecule has 2 bridgehead atoms. The highest BCUT2D eigenvalue weighted by molar-refractivity contribution is 7.13. The number of amides is 2. The molecule has 0 saturated carbocycles. The Morgan fingerprint density at radius 3 is 2.31 bits per heavy atom. The molecule has 0 aliphatic carbocycles. The molecular formula is C20H21FN2O2S. The second-order valence-electron chi connectivity index (χ2n) is 7.16. The van der Waals surface area contributed by atoms with Crippen molar-refractivity contribution in [1.82, 2.24) is 10.2 Å². The summed E-state index contributed by atoms with van der Waals surface area (Å²) in [5.41, 5.74) is 0.464. The minimum absolute atomic E-state index is 0.0548. The monoisotopic (exact) mass is 372 g/mol. The molecule has 2 aliphatic heterocycles. The first-order valence-electron chi connectivity index (χ1n) is 8.97. The van der Waals surface area contributed by atoms with Gasteiger partial charge < -0.3 is 10.2 Å². The summed E-state index contributed by atoms with van der Waals surface area (Å²) in [6.45, 7) is 2.01. The van der Waals surface area contributed by atoms with Crippen molar-refractivity contribution in [3.8, 4) is 0 Å². The first-order valence-corrected chi connectivity index (χ1v) is 9.78. The summed E-state index contributed by atoms with van der Waals surface area (Å²) >= 11 is 1.54. The van der Waals surface area contributed by atoms with Gasteiger partial charge in [-0.05, 0) is 69.0 Å². The Hall–Kier alpha value is -2.21. The van der Waals surface area contributed by atoms with Crippen LogP contribution < -0.4 is 5.32 Å². The molecule has 2 aliphatic rings. The molecule has 1 N–H and O–H groups in total. The van der Waals surface area contributed by atoms with Crippen LogP contribution in [0.5, 0.6) is 0 Å². The van der Waals surface area contributed by atoms with Gasteiger partial charge in [-0.1, -0.05) is 0 Å². The Morgan fingerprint density at radius 1 is 1.08 bits per heavy atom. The summed E-state index contributed by atoms with van der Waals surface area (Å²) in [5.74, 6) is -0.405. The molecule has 26 heavy (non-hydrogen) atoms. The van der Waals surface area contributed by atoms with Crippen molar-refractivity contribution in [3.63, 3.8) is 0 Å². The van der Waals surface area contributed by atoms with Gasteiger partial charge in [0.25, 0.3) is 11.8 Å². The lowest BCUT2D eigenvalue weighted by atomic mass is 9.96. The Kier molecular flexibility index (Phi) is 4.53. The highest BCUT2D eigenvalue weighted by Crippen LogP contribution is 2.37. The van der Waals surface area contributed by atoms with Crippen LogP contribution in [0.3, 0.4) is 0 Å². The van der Waals surface area contributed by atoms with E-state index in [1.807, 2.05) is 24.0 Å². The van der Waals surface area contributed by atoms with Crippen molar-refractivity contribution >= 4 is 23.2 Å². The summed E-state index contributed by atoms with van der Waals surface area (Å²) < 4.78 is 13.0. The Labute approximate surface area is 156 Å². The van der Waals surface area contributed by atoms with Gasteiger partial charge in [0.05, 0.1) is 4.88 Å². The van der Waals surface area contributed by atoms with Gasteiger partial charge in [0, 0.05) is 28.6 Å². The van der Waals surface area contributed by atoms with Crippen LogP contribution in [0, 0.1) is 12.7 Å². The number of thiophene rings is 1. The molecule has 2 amide bonds. The zero-order chi connectivity index (χ0) is 18.3. The standard InChI is InChI=1S/C20H21FN2O2S/c1-12-2-9-18(26-12)20(25)23-16-7-8-17(23)11-15(10-16)22-19(24)13-3-5-14(21)6-4-13/h2-6,9,15-17H,7-8,10-11H2,1H3,(H,22,24)/t15?,16-,17+. The lowest BCUT2D eigenvalue weighted by molar-refractivity contribution is 0.0554. The van der Waals surface area contributed by atoms with E-state index in [9.17, 15) is 14.0 Å². The van der Waals surface area contributed by atoms with Crippen LogP contribution in [0.4, 0.5) is 4.39 Å². The quantitative estimate of drug-likeness (QED) is 0.892. The number of benzene rings is 1. The van der Waals surface area contributed by atoms with Gasteiger partial charge >= 0.3 is 0 Å². The topological polar surface area (TPSA) is 49.4 Å².